The van der Waals surface area contributed by atoms with Crippen LogP contribution in [0, 0.1) is 11.3 Å². The van der Waals surface area contributed by atoms with Gasteiger partial charge in [-0.25, -0.2) is 0 Å². The number of aliphatic hydroxyl groups excluding tert-OH is 1. The maximum absolute atomic E-state index is 12.9. The fraction of sp³-hybridized carbons (Fsp3) is 0.938. The van der Waals surface area contributed by atoms with Crippen LogP contribution in [0.15, 0.2) is 0 Å². The molecule has 2 rings (SSSR count). The number of aliphatic hydroxyl groups is 1. The minimum Gasteiger partial charge on any atom is -0.393 e. The monoisotopic (exact) mass is 282 g/mol. The van der Waals surface area contributed by atoms with Gasteiger partial charge >= 0.3 is 0 Å². The molecule has 0 aromatic heterocycles. The predicted molar refractivity (Wildman–Crippen MR) is 80.2 cm³/mol. The van der Waals surface area contributed by atoms with E-state index in [1.807, 2.05) is 11.8 Å². The van der Waals surface area contributed by atoms with Crippen molar-refractivity contribution in [2.75, 3.05) is 19.6 Å². The highest BCUT2D eigenvalue weighted by molar-refractivity contribution is 5.83. The molecule has 3 N–H and O–H groups in total. The summed E-state index contributed by atoms with van der Waals surface area (Å²) in [5.74, 6) is 0.632. The Labute approximate surface area is 122 Å². The van der Waals surface area contributed by atoms with Crippen molar-refractivity contribution in [3.8, 4) is 0 Å². The molecule has 2 fully saturated rings. The number of hydrogen-bond acceptors (Lipinski definition) is 3. The molecule has 1 atom stereocenters. The number of carbonyl (C=O) groups is 1. The van der Waals surface area contributed by atoms with E-state index in [0.717, 1.165) is 51.6 Å². The first-order valence-electron chi connectivity index (χ1n) is 8.26. The Hall–Kier alpha value is -0.610. The highest BCUT2D eigenvalue weighted by Gasteiger charge is 2.41. The molecule has 1 aliphatic carbocycles. The molecule has 0 spiro atoms. The lowest BCUT2D eigenvalue weighted by molar-refractivity contribution is -0.144. The summed E-state index contributed by atoms with van der Waals surface area (Å²) >= 11 is 0. The summed E-state index contributed by atoms with van der Waals surface area (Å²) < 4.78 is 0. The van der Waals surface area contributed by atoms with Gasteiger partial charge in [0, 0.05) is 19.6 Å². The van der Waals surface area contributed by atoms with Gasteiger partial charge < -0.3 is 15.7 Å². The zero-order valence-electron chi connectivity index (χ0n) is 12.8. The first kappa shape index (κ1) is 15.8. The zero-order valence-corrected chi connectivity index (χ0v) is 12.8. The Kier molecular flexibility index (Phi) is 5.44. The Balaban J connectivity index is 1.99. The maximum Gasteiger partial charge on any atom is 0.230 e. The Morgan fingerprint density at radius 3 is 2.25 bits per heavy atom. The van der Waals surface area contributed by atoms with Crippen LogP contribution >= 0.6 is 0 Å². The molecule has 1 saturated heterocycles. The van der Waals surface area contributed by atoms with E-state index < -0.39 is 0 Å². The van der Waals surface area contributed by atoms with Crippen LogP contribution in [0.25, 0.3) is 0 Å². The third kappa shape index (κ3) is 3.34. The number of nitrogens with zero attached hydrogens (tertiary/aromatic N) is 1. The van der Waals surface area contributed by atoms with E-state index in [-0.39, 0.29) is 17.4 Å². The van der Waals surface area contributed by atoms with Crippen LogP contribution < -0.4 is 5.73 Å². The van der Waals surface area contributed by atoms with E-state index in [1.165, 1.54) is 12.8 Å². The van der Waals surface area contributed by atoms with Gasteiger partial charge in [-0.3, -0.25) is 4.79 Å². The molecule has 1 saturated carbocycles. The summed E-state index contributed by atoms with van der Waals surface area (Å²) in [6, 6.07) is 0. The number of amides is 1. The molecule has 4 nitrogen and oxygen atoms in total. The van der Waals surface area contributed by atoms with Crippen LogP contribution in [0.3, 0.4) is 0 Å². The van der Waals surface area contributed by atoms with Crippen molar-refractivity contribution >= 4 is 5.91 Å². The van der Waals surface area contributed by atoms with Gasteiger partial charge in [0.2, 0.25) is 5.91 Å². The number of carbonyl (C=O) groups excluding carboxylic acids is 1. The van der Waals surface area contributed by atoms with Gasteiger partial charge in [-0.15, -0.1) is 0 Å². The van der Waals surface area contributed by atoms with Gasteiger partial charge in [0.15, 0.2) is 0 Å². The van der Waals surface area contributed by atoms with Gasteiger partial charge in [0.05, 0.1) is 11.5 Å². The van der Waals surface area contributed by atoms with E-state index in [9.17, 15) is 9.90 Å². The topological polar surface area (TPSA) is 66.6 Å². The Morgan fingerprint density at radius 1 is 1.25 bits per heavy atom. The smallest absolute Gasteiger partial charge is 0.230 e. The average molecular weight is 282 g/mol. The van der Waals surface area contributed by atoms with Crippen LogP contribution in [-0.2, 0) is 4.79 Å². The summed E-state index contributed by atoms with van der Waals surface area (Å²) in [7, 11) is 0. The number of nitrogens with two attached hydrogens (primary N) is 1. The largest absolute Gasteiger partial charge is 0.393 e. The van der Waals surface area contributed by atoms with Crippen molar-refractivity contribution < 1.29 is 9.90 Å². The lowest BCUT2D eigenvalue weighted by Crippen LogP contribution is -2.51. The van der Waals surface area contributed by atoms with Crippen molar-refractivity contribution in [3.05, 3.63) is 0 Å². The minimum absolute atomic E-state index is 0.256. The fourth-order valence-corrected chi connectivity index (χ4v) is 3.83. The summed E-state index contributed by atoms with van der Waals surface area (Å²) in [5, 5.41) is 9.66. The van der Waals surface area contributed by atoms with Crippen LogP contribution in [0.5, 0.6) is 0 Å². The highest BCUT2D eigenvalue weighted by atomic mass is 16.3. The molecule has 0 aromatic carbocycles. The van der Waals surface area contributed by atoms with E-state index in [0.29, 0.717) is 12.5 Å². The second-order valence-electron chi connectivity index (χ2n) is 6.77. The Morgan fingerprint density at radius 2 is 1.80 bits per heavy atom. The third-order valence-electron chi connectivity index (χ3n) is 5.41. The van der Waals surface area contributed by atoms with Crippen molar-refractivity contribution in [1.29, 1.82) is 0 Å². The molecule has 20 heavy (non-hydrogen) atoms. The van der Waals surface area contributed by atoms with E-state index in [1.54, 1.807) is 0 Å². The molecule has 1 heterocycles. The zero-order chi connectivity index (χ0) is 14.6. The fourth-order valence-electron chi connectivity index (χ4n) is 3.83. The maximum atomic E-state index is 12.9. The SMILES string of the molecule is CC(O)C1CCN(C(=O)C2(CN)CCCCCC2)CC1. The molecule has 0 radical (unpaired) electrons. The molecule has 1 aliphatic heterocycles. The molecule has 0 bridgehead atoms. The molecule has 0 aromatic rings. The van der Waals surface area contributed by atoms with E-state index in [4.69, 9.17) is 5.73 Å². The van der Waals surface area contributed by atoms with Gasteiger partial charge in [0.1, 0.15) is 0 Å². The third-order valence-corrected chi connectivity index (χ3v) is 5.41. The number of piperidine rings is 1. The second kappa shape index (κ2) is 6.90. The van der Waals surface area contributed by atoms with Crippen LogP contribution in [0.2, 0.25) is 0 Å². The van der Waals surface area contributed by atoms with Gasteiger partial charge in [-0.2, -0.15) is 0 Å². The summed E-state index contributed by atoms with van der Waals surface area (Å²) in [6.07, 6.45) is 8.23. The van der Waals surface area contributed by atoms with Crippen LogP contribution in [0.4, 0.5) is 0 Å². The quantitative estimate of drug-likeness (QED) is 0.777. The van der Waals surface area contributed by atoms with Crippen molar-refractivity contribution in [2.45, 2.75) is 64.4 Å². The summed E-state index contributed by atoms with van der Waals surface area (Å²) in [4.78, 5) is 14.9. The lowest BCUT2D eigenvalue weighted by Gasteiger charge is -2.40. The molecule has 4 heteroatoms. The van der Waals surface area contributed by atoms with E-state index >= 15 is 0 Å². The second-order valence-corrected chi connectivity index (χ2v) is 6.77. The first-order chi connectivity index (χ1) is 9.59. The lowest BCUT2D eigenvalue weighted by atomic mass is 9.78. The van der Waals surface area contributed by atoms with Gasteiger partial charge in [-0.1, -0.05) is 25.7 Å². The molecule has 2 aliphatic rings. The van der Waals surface area contributed by atoms with Crippen molar-refractivity contribution in [2.24, 2.45) is 17.1 Å². The standard InChI is InChI=1S/C16H30N2O2/c1-13(19)14-6-10-18(11-7-14)15(20)16(12-17)8-4-2-3-5-9-16/h13-14,19H,2-12,17H2,1H3. The van der Waals surface area contributed by atoms with Crippen molar-refractivity contribution in [1.82, 2.24) is 4.90 Å². The molecule has 116 valence electrons. The number of hydrogen-bond donors (Lipinski definition) is 2. The van der Waals surface area contributed by atoms with Crippen molar-refractivity contribution in [3.63, 3.8) is 0 Å². The predicted octanol–water partition coefficient (Wildman–Crippen LogP) is 1.91. The summed E-state index contributed by atoms with van der Waals surface area (Å²) in [6.45, 7) is 3.92. The average Bonchev–Trinajstić information content (AvgIpc) is 2.73. The molecular formula is C16H30N2O2. The molecule has 1 amide bonds. The number of rotatable bonds is 3. The van der Waals surface area contributed by atoms with Gasteiger partial charge in [0.25, 0.3) is 0 Å². The van der Waals surface area contributed by atoms with Crippen LogP contribution in [-0.4, -0.2) is 41.7 Å². The number of likely N-dealkylation sites (tertiary alicyclic amines) is 1. The summed E-state index contributed by atoms with van der Waals surface area (Å²) in [5.41, 5.74) is 5.71. The molecular weight excluding hydrogens is 252 g/mol. The molecule has 1 unspecified atom stereocenters. The Bertz CT molecular complexity index is 314. The van der Waals surface area contributed by atoms with Crippen LogP contribution in [0.1, 0.15) is 58.3 Å². The van der Waals surface area contributed by atoms with E-state index in [2.05, 4.69) is 0 Å². The van der Waals surface area contributed by atoms with Gasteiger partial charge in [-0.05, 0) is 38.5 Å². The minimum atomic E-state index is -0.297. The first-order valence-corrected chi connectivity index (χ1v) is 8.26. The normalized spacial score (nSPS) is 26.1. The highest BCUT2D eigenvalue weighted by Crippen LogP contribution is 2.37.